The van der Waals surface area contributed by atoms with Crippen LogP contribution in [0.5, 0.6) is 0 Å². The molecule has 0 fully saturated rings. The second kappa shape index (κ2) is 35.6. The van der Waals surface area contributed by atoms with Crippen LogP contribution in [-0.4, -0.2) is 54.8 Å². The summed E-state index contributed by atoms with van der Waals surface area (Å²) in [5, 5.41) is 10.7. The molecule has 0 atom stereocenters. The summed E-state index contributed by atoms with van der Waals surface area (Å²) in [4.78, 5) is 55.0. The Bertz CT molecular complexity index is 8500. The van der Waals surface area contributed by atoms with E-state index < -0.39 is 0 Å². The van der Waals surface area contributed by atoms with Gasteiger partial charge in [-0.2, -0.15) is 0 Å². The first-order chi connectivity index (χ1) is 64.9. The Morgan fingerprint density at radius 1 is 0.157 bits per heavy atom. The van der Waals surface area contributed by atoms with Gasteiger partial charge in [0.15, 0.2) is 40.8 Å². The molecule has 0 radical (unpaired) electrons. The molecule has 14 nitrogen and oxygen atoms in total. The minimum atomic E-state index is 0. The van der Waals surface area contributed by atoms with Crippen molar-refractivity contribution in [1.29, 1.82) is 0 Å². The van der Waals surface area contributed by atoms with Crippen LogP contribution in [-0.2, 0) is 0 Å². The first-order valence-corrected chi connectivity index (χ1v) is 43.4. The number of aromatic nitrogens is 11. The van der Waals surface area contributed by atoms with Crippen molar-refractivity contribution >= 4 is 87.2 Å². The zero-order chi connectivity index (χ0) is 86.7. The van der Waals surface area contributed by atoms with Crippen LogP contribution in [0.1, 0.15) is 22.3 Å². The van der Waals surface area contributed by atoms with Crippen LogP contribution in [0.25, 0.3) is 257 Å². The van der Waals surface area contributed by atoms with Gasteiger partial charge in [0.25, 0.3) is 0 Å². The lowest BCUT2D eigenvalue weighted by Gasteiger charge is -2.13. The Morgan fingerprint density at radius 2 is 0.410 bits per heavy atom. The molecule has 14 heteroatoms. The van der Waals surface area contributed by atoms with E-state index in [4.69, 9.17) is 68.1 Å². The maximum absolute atomic E-state index is 6.63. The van der Waals surface area contributed by atoms with Gasteiger partial charge in [-0.05, 0) is 88.3 Å². The minimum absolute atomic E-state index is 0. The predicted molar refractivity (Wildman–Crippen MR) is 547 cm³/mol. The van der Waals surface area contributed by atoms with Crippen molar-refractivity contribution in [3.8, 4) is 170 Å². The second-order valence-corrected chi connectivity index (χ2v) is 32.2. The third kappa shape index (κ3) is 15.3. The summed E-state index contributed by atoms with van der Waals surface area (Å²) >= 11 is 0. The molecule has 6 aliphatic rings. The lowest BCUT2D eigenvalue weighted by Crippen LogP contribution is -2.01. The molecule has 0 amide bonds. The molecule has 636 valence electrons. The molecule has 3 aromatic heterocycles. The highest BCUT2D eigenvalue weighted by Crippen LogP contribution is 2.49. The standard InChI is InChI=1S/C44H26N4O.C37H23N3O.C36H22N4O.3CH4/c1-3-15-31-27(11-1)13-9-19-33(31)43-46-42(47-44(48-43)34-20-10-14-28-12-2-4-16-32(28)34)30-25-23-29(24-26-30)41-39-35-17-5-7-21-37(35)45-40(39)36-18-6-8-22-38(36)49-41;1-3-11-24(12-4-1)31-23-32(25-13-5-2-6-14-25)40-37(39-31)27-21-19-26(20-22-27)36-34-28-15-7-9-17-30(28)38-35(34)29-16-8-10-18-33(29)41-36;1-3-12-23(13-4-1)34-38-35(24-14-5-2-6-15-24)40-36(39-34)26-17-11-16-25(22-26)33-31-27-18-7-9-20-29(27)37-32(31)28-19-8-10-21-30(28)41-33;;;/h1-26H;1-23H;1-22H;3*1H4. The topological polar surface area (TPSA) is 181 Å². The third-order valence-corrected chi connectivity index (χ3v) is 24.1. The van der Waals surface area contributed by atoms with Gasteiger partial charge in [-0.15, -0.1) is 0 Å². The molecule has 0 saturated heterocycles. The summed E-state index contributed by atoms with van der Waals surface area (Å²) in [6.45, 7) is 0. The molecule has 134 heavy (non-hydrogen) atoms. The molecule has 17 aromatic carbocycles. The zero-order valence-corrected chi connectivity index (χ0v) is 70.1. The van der Waals surface area contributed by atoms with Crippen molar-refractivity contribution in [2.24, 2.45) is 0 Å². The fourth-order valence-corrected chi connectivity index (χ4v) is 17.8. The summed E-state index contributed by atoms with van der Waals surface area (Å²) in [5.41, 5.74) is 24.4. The van der Waals surface area contributed by atoms with E-state index >= 15 is 0 Å². The molecule has 0 N–H and O–H groups in total. The molecule has 9 heterocycles. The predicted octanol–water partition coefficient (Wildman–Crippen LogP) is 31.6. The van der Waals surface area contributed by atoms with Gasteiger partial charge in [-0.1, -0.05) is 386 Å². The van der Waals surface area contributed by atoms with E-state index in [0.29, 0.717) is 40.8 Å². The first kappa shape index (κ1) is 82.9. The van der Waals surface area contributed by atoms with E-state index in [9.17, 15) is 0 Å². The van der Waals surface area contributed by atoms with E-state index in [2.05, 4.69) is 224 Å². The molecule has 0 spiro atoms. The van der Waals surface area contributed by atoms with Crippen LogP contribution in [0.2, 0.25) is 0 Å². The van der Waals surface area contributed by atoms with Gasteiger partial charge < -0.3 is 13.3 Å². The lowest BCUT2D eigenvalue weighted by atomic mass is 9.98. The largest absolute Gasteiger partial charge is 0.455 e. The molecule has 20 aromatic rings. The van der Waals surface area contributed by atoms with Crippen LogP contribution >= 0.6 is 0 Å². The van der Waals surface area contributed by atoms with Crippen molar-refractivity contribution in [3.63, 3.8) is 0 Å². The summed E-state index contributed by atoms with van der Waals surface area (Å²) in [6, 6.07) is 146. The summed E-state index contributed by atoms with van der Waals surface area (Å²) in [5.74, 6) is 6.78. The Kier molecular flexibility index (Phi) is 22.0. The molecule has 0 saturated carbocycles. The lowest BCUT2D eigenvalue weighted by molar-refractivity contribution is 0.621. The molecule has 6 aliphatic heterocycles. The Labute approximate surface area is 773 Å². The van der Waals surface area contributed by atoms with Gasteiger partial charge in [0.1, 0.15) is 34.0 Å². The van der Waals surface area contributed by atoms with Gasteiger partial charge in [-0.25, -0.2) is 54.8 Å². The number of rotatable bonds is 12. The van der Waals surface area contributed by atoms with Crippen LogP contribution in [0.15, 0.2) is 444 Å². The highest BCUT2D eigenvalue weighted by Gasteiger charge is 2.29. The number of hydrogen-bond donors (Lipinski definition) is 0. The molecular weight excluding hydrogens is 1640 g/mol. The van der Waals surface area contributed by atoms with E-state index in [-0.39, 0.29) is 22.3 Å². The summed E-state index contributed by atoms with van der Waals surface area (Å²) in [6.07, 6.45) is 0. The molecule has 0 unspecified atom stereocenters. The monoisotopic (exact) mass is 1730 g/mol. The van der Waals surface area contributed by atoms with Gasteiger partial charge >= 0.3 is 0 Å². The number of para-hydroxylation sites is 6. The maximum Gasteiger partial charge on any atom is 0.164 e. The maximum atomic E-state index is 6.63. The van der Waals surface area contributed by atoms with Crippen LogP contribution in [0.3, 0.4) is 0 Å². The van der Waals surface area contributed by atoms with E-state index in [1.165, 1.54) is 0 Å². The van der Waals surface area contributed by atoms with Crippen molar-refractivity contribution < 1.29 is 13.3 Å². The van der Waals surface area contributed by atoms with Crippen LogP contribution < -0.4 is 0 Å². The SMILES string of the molecule is C.C.C.c1ccc(-c2cc(-c3ccccc3)nc(-c3ccc(-c4oc5ccccc5c5nc6ccccc6c4-5)cc3)n2)cc1.c1ccc(-c2nc(-c3ccccc3)nc(-c3cccc(-c4oc5ccccc5c5nc6ccccc6c4-5)c3)n2)cc1.c1ccc2c(-c3nc(-c4ccc(-c5oc6ccccc6c6nc7ccccc7c5-6)cc4)nc(-c4cccc5ccccc45)n3)cccc2c1. The molecular formula is C120H83N11O3. The normalized spacial score (nSPS) is 11.3. The average Bonchev–Trinajstić information content (AvgIpc) is 1.60. The van der Waals surface area contributed by atoms with Gasteiger partial charge in [0.2, 0.25) is 0 Å². The zero-order valence-electron chi connectivity index (χ0n) is 70.1. The number of hydrogen-bond acceptors (Lipinski definition) is 14. The van der Waals surface area contributed by atoms with E-state index in [0.717, 1.165) is 216 Å². The highest BCUT2D eigenvalue weighted by molar-refractivity contribution is 6.13. The first-order valence-electron chi connectivity index (χ1n) is 43.4. The molecule has 26 rings (SSSR count). The van der Waals surface area contributed by atoms with Crippen LogP contribution in [0.4, 0.5) is 0 Å². The van der Waals surface area contributed by atoms with Gasteiger partial charge in [0, 0.05) is 99.1 Å². The van der Waals surface area contributed by atoms with Crippen LogP contribution in [0, 0.1) is 0 Å². The Hall–Kier alpha value is -18.0. The molecule has 0 bridgehead atoms. The fraction of sp³-hybridized carbons (Fsp3) is 0.0250. The van der Waals surface area contributed by atoms with Crippen molar-refractivity contribution in [2.45, 2.75) is 22.3 Å². The summed E-state index contributed by atoms with van der Waals surface area (Å²) < 4.78 is 19.8. The number of nitrogens with zero attached hydrogens (tertiary/aromatic N) is 11. The van der Waals surface area contributed by atoms with Crippen molar-refractivity contribution in [3.05, 3.63) is 431 Å². The molecule has 0 aliphatic carbocycles. The summed E-state index contributed by atoms with van der Waals surface area (Å²) in [7, 11) is 0. The Morgan fingerprint density at radius 3 is 0.799 bits per heavy atom. The van der Waals surface area contributed by atoms with E-state index in [1.807, 2.05) is 206 Å². The van der Waals surface area contributed by atoms with Crippen molar-refractivity contribution in [1.82, 2.24) is 54.8 Å². The van der Waals surface area contributed by atoms with Crippen molar-refractivity contribution in [2.75, 3.05) is 0 Å². The Balaban J connectivity index is 0.000000120. The smallest absolute Gasteiger partial charge is 0.164 e. The fourth-order valence-electron chi connectivity index (χ4n) is 17.8. The minimum Gasteiger partial charge on any atom is -0.455 e. The van der Waals surface area contributed by atoms with Gasteiger partial charge in [0.05, 0.1) is 61.7 Å². The second-order valence-electron chi connectivity index (χ2n) is 32.2. The number of fused-ring (bicyclic) bond motifs is 17. The van der Waals surface area contributed by atoms with Gasteiger partial charge in [-0.3, -0.25) is 0 Å². The average molecular weight is 1730 g/mol. The third-order valence-electron chi connectivity index (χ3n) is 24.1. The highest BCUT2D eigenvalue weighted by atomic mass is 16.3. The quantitative estimate of drug-likeness (QED) is 0.113. The van der Waals surface area contributed by atoms with E-state index in [1.54, 1.807) is 0 Å². The number of benzene rings is 17.